The topological polar surface area (TPSA) is 55.3 Å². The molecular formula is C14H17N3O. The van der Waals surface area contributed by atoms with Crippen molar-refractivity contribution in [3.8, 4) is 11.3 Å². The van der Waals surface area contributed by atoms with E-state index in [1.165, 1.54) is 24.1 Å². The van der Waals surface area contributed by atoms with Gasteiger partial charge in [-0.15, -0.1) is 0 Å². The molecule has 18 heavy (non-hydrogen) atoms. The minimum Gasteiger partial charge on any atom is -0.371 e. The Kier molecular flexibility index (Phi) is 2.70. The fourth-order valence-corrected chi connectivity index (χ4v) is 2.51. The standard InChI is InChI=1S/C14H17N3O/c1-10-4-5-13(17-6-2-3-7-17)11(8-10)12-9-14(15)18-16-12/h4-5,8-9H,2-3,6-7,15H2,1H3. The lowest BCUT2D eigenvalue weighted by molar-refractivity contribution is 0.439. The van der Waals surface area contributed by atoms with Crippen molar-refractivity contribution in [1.82, 2.24) is 5.16 Å². The van der Waals surface area contributed by atoms with Gasteiger partial charge in [-0.3, -0.25) is 0 Å². The van der Waals surface area contributed by atoms with Gasteiger partial charge in [0.05, 0.1) is 0 Å². The third-order valence-corrected chi connectivity index (χ3v) is 3.40. The third kappa shape index (κ3) is 1.94. The van der Waals surface area contributed by atoms with Crippen molar-refractivity contribution in [3.05, 3.63) is 29.8 Å². The van der Waals surface area contributed by atoms with E-state index >= 15 is 0 Å². The van der Waals surface area contributed by atoms with Gasteiger partial charge >= 0.3 is 0 Å². The van der Waals surface area contributed by atoms with E-state index in [4.69, 9.17) is 10.3 Å². The lowest BCUT2D eigenvalue weighted by atomic mass is 10.1. The summed E-state index contributed by atoms with van der Waals surface area (Å²) in [5.74, 6) is 0.360. The van der Waals surface area contributed by atoms with Crippen molar-refractivity contribution >= 4 is 11.6 Å². The molecule has 4 nitrogen and oxygen atoms in total. The summed E-state index contributed by atoms with van der Waals surface area (Å²) in [6.07, 6.45) is 2.52. The van der Waals surface area contributed by atoms with E-state index in [1.54, 1.807) is 6.07 Å². The normalized spacial score (nSPS) is 15.3. The summed E-state index contributed by atoms with van der Waals surface area (Å²) in [7, 11) is 0. The Bertz CT molecular complexity index is 556. The van der Waals surface area contributed by atoms with Gasteiger partial charge < -0.3 is 15.2 Å². The fourth-order valence-electron chi connectivity index (χ4n) is 2.51. The number of aryl methyl sites for hydroxylation is 1. The molecule has 1 fully saturated rings. The number of nitrogens with zero attached hydrogens (tertiary/aromatic N) is 2. The van der Waals surface area contributed by atoms with Crippen LogP contribution in [0.3, 0.4) is 0 Å². The van der Waals surface area contributed by atoms with Gasteiger partial charge in [0.2, 0.25) is 5.88 Å². The predicted octanol–water partition coefficient (Wildman–Crippen LogP) is 2.83. The number of hydrogen-bond donors (Lipinski definition) is 1. The average molecular weight is 243 g/mol. The molecule has 3 rings (SSSR count). The molecule has 2 aromatic rings. The summed E-state index contributed by atoms with van der Waals surface area (Å²) < 4.78 is 4.99. The molecule has 1 saturated heterocycles. The van der Waals surface area contributed by atoms with E-state index in [2.05, 4.69) is 35.2 Å². The van der Waals surface area contributed by atoms with Gasteiger partial charge in [-0.25, -0.2) is 0 Å². The fraction of sp³-hybridized carbons (Fsp3) is 0.357. The monoisotopic (exact) mass is 243 g/mol. The lowest BCUT2D eigenvalue weighted by Crippen LogP contribution is -2.18. The largest absolute Gasteiger partial charge is 0.371 e. The Morgan fingerprint density at radius 2 is 2.00 bits per heavy atom. The molecule has 0 unspecified atom stereocenters. The Morgan fingerprint density at radius 1 is 1.22 bits per heavy atom. The minimum atomic E-state index is 0.360. The molecule has 0 radical (unpaired) electrons. The van der Waals surface area contributed by atoms with Crippen LogP contribution in [0.1, 0.15) is 18.4 Å². The summed E-state index contributed by atoms with van der Waals surface area (Å²) in [5, 5.41) is 4.03. The first-order valence-corrected chi connectivity index (χ1v) is 6.32. The molecule has 0 aliphatic carbocycles. The molecular weight excluding hydrogens is 226 g/mol. The highest BCUT2D eigenvalue weighted by Gasteiger charge is 2.18. The van der Waals surface area contributed by atoms with Crippen molar-refractivity contribution in [2.45, 2.75) is 19.8 Å². The minimum absolute atomic E-state index is 0.360. The number of benzene rings is 1. The van der Waals surface area contributed by atoms with Crippen LogP contribution < -0.4 is 10.6 Å². The molecule has 2 heterocycles. The van der Waals surface area contributed by atoms with E-state index in [1.807, 2.05) is 0 Å². The van der Waals surface area contributed by atoms with Crippen LogP contribution >= 0.6 is 0 Å². The molecule has 94 valence electrons. The lowest BCUT2D eigenvalue weighted by Gasteiger charge is -2.20. The van der Waals surface area contributed by atoms with Crippen molar-refractivity contribution in [3.63, 3.8) is 0 Å². The molecule has 0 amide bonds. The zero-order valence-electron chi connectivity index (χ0n) is 10.5. The van der Waals surface area contributed by atoms with E-state index in [-0.39, 0.29) is 0 Å². The Morgan fingerprint density at radius 3 is 2.67 bits per heavy atom. The van der Waals surface area contributed by atoms with Gasteiger partial charge in [0.25, 0.3) is 0 Å². The van der Waals surface area contributed by atoms with Crippen molar-refractivity contribution < 1.29 is 4.52 Å². The second-order valence-electron chi connectivity index (χ2n) is 4.83. The highest BCUT2D eigenvalue weighted by atomic mass is 16.5. The molecule has 0 saturated carbocycles. The van der Waals surface area contributed by atoms with Crippen LogP contribution in [0, 0.1) is 6.92 Å². The molecule has 1 aromatic carbocycles. The summed E-state index contributed by atoms with van der Waals surface area (Å²) in [5.41, 5.74) is 9.99. The van der Waals surface area contributed by atoms with E-state index in [0.717, 1.165) is 24.3 Å². The molecule has 0 bridgehead atoms. The van der Waals surface area contributed by atoms with E-state index in [9.17, 15) is 0 Å². The first-order chi connectivity index (χ1) is 8.74. The number of rotatable bonds is 2. The maximum Gasteiger partial charge on any atom is 0.222 e. The van der Waals surface area contributed by atoms with Gasteiger partial charge in [-0.1, -0.05) is 16.8 Å². The first-order valence-electron chi connectivity index (χ1n) is 6.32. The third-order valence-electron chi connectivity index (χ3n) is 3.40. The number of aromatic nitrogens is 1. The molecule has 0 spiro atoms. The van der Waals surface area contributed by atoms with Crippen molar-refractivity contribution in [2.24, 2.45) is 0 Å². The van der Waals surface area contributed by atoms with Gasteiger partial charge in [-0.05, 0) is 31.9 Å². The Balaban J connectivity index is 2.08. The van der Waals surface area contributed by atoms with Gasteiger partial charge in [-0.2, -0.15) is 0 Å². The van der Waals surface area contributed by atoms with Crippen LogP contribution in [0.4, 0.5) is 11.6 Å². The number of nitrogens with two attached hydrogens (primary N) is 1. The zero-order valence-corrected chi connectivity index (χ0v) is 10.5. The van der Waals surface area contributed by atoms with Gasteiger partial charge in [0.1, 0.15) is 5.69 Å². The van der Waals surface area contributed by atoms with Gasteiger partial charge in [0.15, 0.2) is 0 Å². The zero-order chi connectivity index (χ0) is 12.5. The maximum atomic E-state index is 5.61. The molecule has 1 aromatic heterocycles. The van der Waals surface area contributed by atoms with Crippen LogP contribution in [-0.4, -0.2) is 18.2 Å². The van der Waals surface area contributed by atoms with E-state index < -0.39 is 0 Å². The number of hydrogen-bond acceptors (Lipinski definition) is 4. The van der Waals surface area contributed by atoms with Crippen LogP contribution in [0.2, 0.25) is 0 Å². The average Bonchev–Trinajstić information content (AvgIpc) is 2.99. The molecule has 1 aliphatic rings. The second-order valence-corrected chi connectivity index (χ2v) is 4.83. The highest BCUT2D eigenvalue weighted by Crippen LogP contribution is 2.33. The summed E-state index contributed by atoms with van der Waals surface area (Å²) in [6.45, 7) is 4.31. The Hall–Kier alpha value is -1.97. The highest BCUT2D eigenvalue weighted by molar-refractivity contribution is 5.78. The molecule has 1 aliphatic heterocycles. The van der Waals surface area contributed by atoms with Crippen LogP contribution in [0.5, 0.6) is 0 Å². The summed E-state index contributed by atoms with van der Waals surface area (Å²) >= 11 is 0. The number of anilines is 2. The molecule has 0 atom stereocenters. The SMILES string of the molecule is Cc1ccc(N2CCCC2)c(-c2cc(N)on2)c1. The van der Waals surface area contributed by atoms with Gasteiger partial charge in [0, 0.05) is 30.4 Å². The molecule has 4 heteroatoms. The smallest absolute Gasteiger partial charge is 0.222 e. The van der Waals surface area contributed by atoms with Crippen LogP contribution in [0.15, 0.2) is 28.8 Å². The van der Waals surface area contributed by atoms with Crippen LogP contribution in [0.25, 0.3) is 11.3 Å². The Labute approximate surface area is 106 Å². The van der Waals surface area contributed by atoms with Crippen molar-refractivity contribution in [1.29, 1.82) is 0 Å². The molecule has 2 N–H and O–H groups in total. The summed E-state index contributed by atoms with van der Waals surface area (Å²) in [4.78, 5) is 2.40. The quantitative estimate of drug-likeness (QED) is 0.881. The second kappa shape index (κ2) is 4.37. The van der Waals surface area contributed by atoms with E-state index in [0.29, 0.717) is 5.88 Å². The summed E-state index contributed by atoms with van der Waals surface area (Å²) in [6, 6.07) is 8.24. The first kappa shape index (κ1) is 11.1. The van der Waals surface area contributed by atoms with Crippen molar-refractivity contribution in [2.75, 3.05) is 23.7 Å². The predicted molar refractivity (Wildman–Crippen MR) is 72.5 cm³/mol. The number of nitrogen functional groups attached to an aromatic ring is 1. The maximum absolute atomic E-state index is 5.61. The van der Waals surface area contributed by atoms with Crippen LogP contribution in [-0.2, 0) is 0 Å².